The highest BCUT2D eigenvalue weighted by Crippen LogP contribution is 2.32. The molecule has 3 heterocycles. The summed E-state index contributed by atoms with van der Waals surface area (Å²) in [5.41, 5.74) is 3.71. The predicted octanol–water partition coefficient (Wildman–Crippen LogP) is 3.79. The van der Waals surface area contributed by atoms with Crippen LogP contribution in [0.3, 0.4) is 0 Å². The molecule has 34 heavy (non-hydrogen) atoms. The first-order valence-electron chi connectivity index (χ1n) is 10.9. The minimum absolute atomic E-state index is 0.291. The predicted molar refractivity (Wildman–Crippen MR) is 127 cm³/mol. The monoisotopic (exact) mass is 482 g/mol. The van der Waals surface area contributed by atoms with Crippen molar-refractivity contribution in [3.8, 4) is 17.5 Å². The number of benzene rings is 2. The number of nitrogens with zero attached hydrogens (tertiary/aromatic N) is 3. The normalized spacial score (nSPS) is 17.6. The highest BCUT2D eigenvalue weighted by molar-refractivity contribution is 6.36. The van der Waals surface area contributed by atoms with Crippen molar-refractivity contribution >= 4 is 34.8 Å². The molecule has 1 fully saturated rings. The van der Waals surface area contributed by atoms with Gasteiger partial charge in [-0.3, -0.25) is 0 Å². The van der Waals surface area contributed by atoms with Crippen LogP contribution in [0.1, 0.15) is 11.3 Å². The number of H-pyrrole nitrogens is 1. The topological polar surface area (TPSA) is 109 Å². The molecule has 0 amide bonds. The van der Waals surface area contributed by atoms with Crippen molar-refractivity contribution in [2.24, 2.45) is 4.99 Å². The van der Waals surface area contributed by atoms with Crippen LogP contribution in [0.5, 0.6) is 17.5 Å². The second-order valence-electron chi connectivity index (χ2n) is 7.91. The molecular weight excluding hydrogens is 460 g/mol. The van der Waals surface area contributed by atoms with Crippen molar-refractivity contribution in [2.45, 2.75) is 11.8 Å². The van der Waals surface area contributed by atoms with E-state index in [1.165, 1.54) is 0 Å². The Labute approximate surface area is 201 Å². The number of hydrogen-bond donors (Lipinski definition) is 2. The summed E-state index contributed by atoms with van der Waals surface area (Å²) < 4.78 is 16.4. The van der Waals surface area contributed by atoms with Gasteiger partial charge >= 0.3 is 12.0 Å². The fraction of sp³-hybridized carbons (Fsp3) is 0.292. The third-order valence-electron chi connectivity index (χ3n) is 5.58. The van der Waals surface area contributed by atoms with Gasteiger partial charge in [0.2, 0.25) is 0 Å². The molecule has 2 aliphatic heterocycles. The molecule has 1 saturated heterocycles. The Hall–Kier alpha value is -3.56. The van der Waals surface area contributed by atoms with E-state index < -0.39 is 12.6 Å². The Bertz CT molecular complexity index is 1190. The second-order valence-corrected chi connectivity index (χ2v) is 8.44. The molecule has 0 aliphatic carbocycles. The number of morpholine rings is 1. The average molecular weight is 483 g/mol. The molecule has 3 aromatic rings. The number of aliphatic imine (C=N–C) groups is 1. The lowest BCUT2D eigenvalue weighted by molar-refractivity contribution is -0.139. The molecule has 0 bridgehead atoms. The lowest BCUT2D eigenvalue weighted by atomic mass is 10.0. The van der Waals surface area contributed by atoms with Gasteiger partial charge in [-0.1, -0.05) is 12.1 Å². The zero-order valence-corrected chi connectivity index (χ0v) is 19.0. The van der Waals surface area contributed by atoms with Crippen LogP contribution in [-0.4, -0.2) is 65.0 Å². The van der Waals surface area contributed by atoms with E-state index in [-0.39, 0.29) is 5.38 Å². The summed E-state index contributed by atoms with van der Waals surface area (Å²) in [6.45, 7) is 2.85. The number of fused-ring (bicyclic) bond motifs is 1. The number of carboxylic acids is 1. The molecule has 0 spiro atoms. The van der Waals surface area contributed by atoms with Crippen LogP contribution < -0.4 is 14.4 Å². The highest BCUT2D eigenvalue weighted by atomic mass is 35.5. The van der Waals surface area contributed by atoms with Crippen molar-refractivity contribution in [3.05, 3.63) is 59.8 Å². The Morgan fingerprint density at radius 2 is 1.82 bits per heavy atom. The number of aliphatic carboxylic acids is 1. The lowest BCUT2D eigenvalue weighted by Crippen LogP contribution is -2.36. The summed E-state index contributed by atoms with van der Waals surface area (Å²) in [4.78, 5) is 25.2. The maximum absolute atomic E-state index is 10.6. The molecule has 176 valence electrons. The number of ether oxygens (including phenoxy) is 3. The first kappa shape index (κ1) is 22.2. The Morgan fingerprint density at radius 1 is 1.12 bits per heavy atom. The van der Waals surface area contributed by atoms with Gasteiger partial charge < -0.3 is 29.2 Å². The van der Waals surface area contributed by atoms with Crippen molar-refractivity contribution in [1.82, 2.24) is 9.97 Å². The van der Waals surface area contributed by atoms with Gasteiger partial charge in [-0.2, -0.15) is 4.98 Å². The molecule has 10 heteroatoms. The molecule has 0 radical (unpaired) electrons. The molecule has 1 unspecified atom stereocenters. The van der Waals surface area contributed by atoms with Crippen molar-refractivity contribution in [1.29, 1.82) is 0 Å². The van der Waals surface area contributed by atoms with Gasteiger partial charge in [-0.25, -0.2) is 9.79 Å². The molecule has 2 N–H and O–H groups in total. The van der Waals surface area contributed by atoms with Crippen LogP contribution >= 0.6 is 11.6 Å². The lowest BCUT2D eigenvalue weighted by Gasteiger charge is -2.29. The maximum atomic E-state index is 10.6. The van der Waals surface area contributed by atoms with E-state index in [1.54, 1.807) is 24.3 Å². The summed E-state index contributed by atoms with van der Waals surface area (Å²) >= 11 is 6.67. The van der Waals surface area contributed by atoms with Crippen molar-refractivity contribution in [3.63, 3.8) is 0 Å². The van der Waals surface area contributed by atoms with Gasteiger partial charge in [0.1, 0.15) is 11.5 Å². The molecule has 1 aromatic heterocycles. The van der Waals surface area contributed by atoms with Crippen LogP contribution in [0, 0.1) is 0 Å². The fourth-order valence-corrected chi connectivity index (χ4v) is 4.22. The van der Waals surface area contributed by atoms with E-state index in [2.05, 4.69) is 27.0 Å². The number of imidazole rings is 1. The summed E-state index contributed by atoms with van der Waals surface area (Å²) in [5.74, 6) is 0.485. The molecule has 9 nitrogen and oxygen atoms in total. The summed E-state index contributed by atoms with van der Waals surface area (Å²) in [7, 11) is 0. The number of halogens is 1. The van der Waals surface area contributed by atoms with E-state index in [9.17, 15) is 4.79 Å². The van der Waals surface area contributed by atoms with Gasteiger partial charge in [0.15, 0.2) is 12.4 Å². The number of aromatic amines is 1. The number of alkyl halides is 1. The van der Waals surface area contributed by atoms with Gasteiger partial charge in [-0.05, 0) is 42.0 Å². The molecule has 2 aromatic carbocycles. The Balaban J connectivity index is 1.29. The number of rotatable bonds is 7. The molecule has 1 atom stereocenters. The maximum Gasteiger partial charge on any atom is 0.341 e. The third kappa shape index (κ3) is 5.00. The Morgan fingerprint density at radius 3 is 2.53 bits per heavy atom. The minimum Gasteiger partial charge on any atom is -0.482 e. The molecule has 5 rings (SSSR count). The van der Waals surface area contributed by atoms with Crippen LogP contribution in [0.2, 0.25) is 0 Å². The van der Waals surface area contributed by atoms with E-state index in [0.717, 1.165) is 49.0 Å². The standard InChI is InChI=1S/C24H23ClN4O5/c25-19-13-20-23(27-22(19)15-1-3-16(4-2-15)29-9-11-32-12-10-29)28-24(26-20)34-18-7-5-17(6-8-18)33-14-21(30)31/h1-8,19H,9-14H2,(H,26,28)(H,30,31). The summed E-state index contributed by atoms with van der Waals surface area (Å²) in [5, 5.41) is 8.40. The van der Waals surface area contributed by atoms with Crippen molar-refractivity contribution in [2.75, 3.05) is 37.8 Å². The van der Waals surface area contributed by atoms with Crippen LogP contribution in [0.15, 0.2) is 53.5 Å². The zero-order valence-electron chi connectivity index (χ0n) is 18.2. The van der Waals surface area contributed by atoms with Gasteiger partial charge in [-0.15, -0.1) is 11.6 Å². The third-order valence-corrected chi connectivity index (χ3v) is 5.94. The molecule has 0 saturated carbocycles. The van der Waals surface area contributed by atoms with Crippen LogP contribution in [0.4, 0.5) is 11.5 Å². The Kier molecular flexibility index (Phi) is 6.37. The number of anilines is 1. The van der Waals surface area contributed by atoms with Crippen LogP contribution in [0.25, 0.3) is 0 Å². The van der Waals surface area contributed by atoms with E-state index in [1.807, 2.05) is 12.1 Å². The average Bonchev–Trinajstić information content (AvgIpc) is 3.24. The highest BCUT2D eigenvalue weighted by Gasteiger charge is 2.26. The zero-order chi connectivity index (χ0) is 23.5. The van der Waals surface area contributed by atoms with E-state index in [4.69, 9.17) is 35.9 Å². The number of carboxylic acid groups (broad SMARTS) is 1. The number of nitrogens with one attached hydrogen (secondary N) is 1. The van der Waals surface area contributed by atoms with Gasteiger partial charge in [0.25, 0.3) is 0 Å². The van der Waals surface area contributed by atoms with Gasteiger partial charge in [0.05, 0.1) is 30.0 Å². The molecule has 2 aliphatic rings. The number of hydrogen-bond acceptors (Lipinski definition) is 7. The SMILES string of the molecule is O=C(O)COc1ccc(Oc2nc3c([nH]2)CC(Cl)C(c2ccc(N4CCOCC4)cc2)=N3)cc1. The minimum atomic E-state index is -1.04. The van der Waals surface area contributed by atoms with E-state index in [0.29, 0.717) is 29.7 Å². The number of aromatic nitrogens is 2. The quantitative estimate of drug-likeness (QED) is 0.493. The summed E-state index contributed by atoms with van der Waals surface area (Å²) in [6, 6.07) is 15.2. The van der Waals surface area contributed by atoms with E-state index >= 15 is 0 Å². The van der Waals surface area contributed by atoms with Crippen LogP contribution in [-0.2, 0) is 16.0 Å². The first-order chi connectivity index (χ1) is 16.5. The number of carbonyl (C=O) groups is 1. The second kappa shape index (κ2) is 9.74. The smallest absolute Gasteiger partial charge is 0.341 e. The largest absolute Gasteiger partial charge is 0.482 e. The molecular formula is C24H23ClN4O5. The summed E-state index contributed by atoms with van der Waals surface area (Å²) in [6.07, 6.45) is 0.555. The van der Waals surface area contributed by atoms with Gasteiger partial charge in [0, 0.05) is 25.2 Å². The fourth-order valence-electron chi connectivity index (χ4n) is 3.89. The first-order valence-corrected chi connectivity index (χ1v) is 11.4. The van der Waals surface area contributed by atoms with Crippen molar-refractivity contribution < 1.29 is 24.1 Å².